The molecular weight excluding hydrogens is 452 g/mol. The molecule has 0 amide bonds. The lowest BCUT2D eigenvalue weighted by Crippen LogP contribution is -1.98. The minimum atomic E-state index is 0.194. The molecule has 6 heteroatoms. The fraction of sp³-hybridized carbons (Fsp3) is 0.556. The molecule has 2 aromatic rings. The first kappa shape index (κ1) is 27.9. The fourth-order valence-electron chi connectivity index (χ4n) is 3.24. The number of ether oxygens (including phenoxy) is 2. The van der Waals surface area contributed by atoms with Crippen molar-refractivity contribution >= 4 is 24.1 Å². The zero-order chi connectivity index (χ0) is 23.7. The maximum atomic E-state index is 5.85. The Morgan fingerprint density at radius 3 is 1.45 bits per heavy atom. The SMILES string of the molecule is CCCCCCOc1ccc(SOCOSc2ccc(OCCCCCC)cc2C)c(C)c1. The van der Waals surface area contributed by atoms with Crippen LogP contribution in [-0.2, 0) is 8.37 Å². The summed E-state index contributed by atoms with van der Waals surface area (Å²) < 4.78 is 23.0. The van der Waals surface area contributed by atoms with E-state index < -0.39 is 0 Å². The van der Waals surface area contributed by atoms with Gasteiger partial charge < -0.3 is 9.47 Å². The quantitative estimate of drug-likeness (QED) is 0.117. The van der Waals surface area contributed by atoms with Crippen LogP contribution in [0, 0.1) is 13.8 Å². The molecule has 0 saturated heterocycles. The van der Waals surface area contributed by atoms with Crippen molar-refractivity contribution in [1.29, 1.82) is 0 Å². The van der Waals surface area contributed by atoms with Crippen LogP contribution >= 0.6 is 24.1 Å². The van der Waals surface area contributed by atoms with E-state index in [9.17, 15) is 0 Å². The van der Waals surface area contributed by atoms with Gasteiger partial charge in [-0.15, -0.1) is 0 Å². The molecule has 184 valence electrons. The van der Waals surface area contributed by atoms with Gasteiger partial charge in [-0.25, -0.2) is 0 Å². The molecule has 4 nitrogen and oxygen atoms in total. The lowest BCUT2D eigenvalue weighted by Gasteiger charge is -2.11. The molecule has 0 spiro atoms. The zero-order valence-electron chi connectivity index (χ0n) is 20.7. The Balaban J connectivity index is 1.64. The standard InChI is InChI=1S/C27H40O4S2/c1-5-7-9-11-17-28-24-13-15-26(22(3)19-24)32-30-21-31-33-27-16-14-25(20-23(27)4)29-18-12-10-8-6-2/h13-16,19-20H,5-12,17-18,21H2,1-4H3. The summed E-state index contributed by atoms with van der Waals surface area (Å²) >= 11 is 2.67. The molecule has 0 aliphatic heterocycles. The van der Waals surface area contributed by atoms with E-state index in [1.54, 1.807) is 0 Å². The first-order valence-corrected chi connectivity index (χ1v) is 13.7. The molecule has 0 bridgehead atoms. The van der Waals surface area contributed by atoms with Gasteiger partial charge in [0.2, 0.25) is 0 Å². The van der Waals surface area contributed by atoms with E-state index in [2.05, 4.69) is 39.8 Å². The second-order valence-electron chi connectivity index (χ2n) is 8.19. The summed E-state index contributed by atoms with van der Waals surface area (Å²) in [5.41, 5.74) is 2.28. The van der Waals surface area contributed by atoms with Crippen LogP contribution in [0.3, 0.4) is 0 Å². The van der Waals surface area contributed by atoms with Gasteiger partial charge in [0.25, 0.3) is 0 Å². The molecule has 33 heavy (non-hydrogen) atoms. The molecule has 0 unspecified atom stereocenters. The van der Waals surface area contributed by atoms with Crippen molar-refractivity contribution < 1.29 is 17.8 Å². The monoisotopic (exact) mass is 492 g/mol. The second-order valence-corrected chi connectivity index (χ2v) is 9.88. The first-order chi connectivity index (χ1) is 16.1. The number of aryl methyl sites for hydroxylation is 2. The molecule has 0 aromatic heterocycles. The molecule has 0 aliphatic carbocycles. The number of hydrogen-bond donors (Lipinski definition) is 0. The summed E-state index contributed by atoms with van der Waals surface area (Å²) in [5, 5.41) is 0. The summed E-state index contributed by atoms with van der Waals surface area (Å²) in [6.45, 7) is 10.3. The van der Waals surface area contributed by atoms with Crippen LogP contribution in [0.15, 0.2) is 46.2 Å². The molecule has 0 heterocycles. The third-order valence-electron chi connectivity index (χ3n) is 5.22. The topological polar surface area (TPSA) is 36.9 Å². The van der Waals surface area contributed by atoms with Crippen LogP contribution in [-0.4, -0.2) is 20.0 Å². The Labute approximate surface area is 209 Å². The van der Waals surface area contributed by atoms with Gasteiger partial charge in [-0.3, -0.25) is 8.37 Å². The third kappa shape index (κ3) is 11.6. The van der Waals surface area contributed by atoms with E-state index >= 15 is 0 Å². The average Bonchev–Trinajstić information content (AvgIpc) is 2.81. The Hall–Kier alpha value is -1.34. The lowest BCUT2D eigenvalue weighted by atomic mass is 10.2. The van der Waals surface area contributed by atoms with Crippen LogP contribution in [0.2, 0.25) is 0 Å². The highest BCUT2D eigenvalue weighted by Crippen LogP contribution is 2.30. The van der Waals surface area contributed by atoms with Gasteiger partial charge in [-0.1, -0.05) is 52.4 Å². The van der Waals surface area contributed by atoms with Gasteiger partial charge in [0.05, 0.1) is 13.2 Å². The van der Waals surface area contributed by atoms with E-state index in [0.29, 0.717) is 0 Å². The Bertz CT molecular complexity index is 732. The van der Waals surface area contributed by atoms with Crippen molar-refractivity contribution in [2.24, 2.45) is 0 Å². The number of hydrogen-bond acceptors (Lipinski definition) is 6. The average molecular weight is 493 g/mol. The third-order valence-corrected chi connectivity index (χ3v) is 6.92. The van der Waals surface area contributed by atoms with Crippen LogP contribution in [0.1, 0.15) is 76.3 Å². The van der Waals surface area contributed by atoms with E-state index in [-0.39, 0.29) is 6.79 Å². The van der Waals surface area contributed by atoms with E-state index in [1.165, 1.54) is 62.6 Å². The highest BCUT2D eigenvalue weighted by Gasteiger charge is 2.06. The molecule has 2 rings (SSSR count). The number of rotatable bonds is 18. The normalized spacial score (nSPS) is 11.0. The molecule has 0 atom stereocenters. The smallest absolute Gasteiger partial charge is 0.174 e. The van der Waals surface area contributed by atoms with Crippen LogP contribution < -0.4 is 9.47 Å². The predicted octanol–water partition coefficient (Wildman–Crippen LogP) is 8.93. The molecule has 0 N–H and O–H groups in total. The van der Waals surface area contributed by atoms with Crippen molar-refractivity contribution in [3.8, 4) is 11.5 Å². The Kier molecular flexibility index (Phi) is 14.5. The maximum absolute atomic E-state index is 5.85. The van der Waals surface area contributed by atoms with Crippen molar-refractivity contribution in [1.82, 2.24) is 0 Å². The van der Waals surface area contributed by atoms with Gasteiger partial charge in [-0.2, -0.15) is 0 Å². The van der Waals surface area contributed by atoms with Crippen LogP contribution in [0.4, 0.5) is 0 Å². The van der Waals surface area contributed by atoms with E-state index in [1.807, 2.05) is 24.3 Å². The fourth-order valence-corrected chi connectivity index (χ4v) is 4.38. The van der Waals surface area contributed by atoms with Crippen LogP contribution in [0.5, 0.6) is 11.5 Å². The molecular formula is C27H40O4S2. The van der Waals surface area contributed by atoms with Gasteiger partial charge in [0.15, 0.2) is 6.79 Å². The maximum Gasteiger partial charge on any atom is 0.174 e. The number of benzene rings is 2. The van der Waals surface area contributed by atoms with Gasteiger partial charge >= 0.3 is 0 Å². The summed E-state index contributed by atoms with van der Waals surface area (Å²) in [6.07, 6.45) is 9.70. The minimum Gasteiger partial charge on any atom is -0.494 e. The highest BCUT2D eigenvalue weighted by atomic mass is 32.2. The van der Waals surface area contributed by atoms with Crippen molar-refractivity contribution in [3.63, 3.8) is 0 Å². The summed E-state index contributed by atoms with van der Waals surface area (Å²) in [5.74, 6) is 1.84. The lowest BCUT2D eigenvalue weighted by molar-refractivity contribution is 0.168. The summed E-state index contributed by atoms with van der Waals surface area (Å²) in [6, 6.07) is 12.2. The predicted molar refractivity (Wildman–Crippen MR) is 140 cm³/mol. The van der Waals surface area contributed by atoms with Crippen molar-refractivity contribution in [2.75, 3.05) is 20.0 Å². The zero-order valence-corrected chi connectivity index (χ0v) is 22.3. The first-order valence-electron chi connectivity index (χ1n) is 12.2. The minimum absolute atomic E-state index is 0.194. The highest BCUT2D eigenvalue weighted by molar-refractivity contribution is 7.95. The largest absolute Gasteiger partial charge is 0.494 e. The second kappa shape index (κ2) is 17.1. The molecule has 2 aromatic carbocycles. The molecule has 0 fully saturated rings. The van der Waals surface area contributed by atoms with Crippen molar-refractivity contribution in [3.05, 3.63) is 47.5 Å². The molecule has 0 radical (unpaired) electrons. The summed E-state index contributed by atoms with van der Waals surface area (Å²) in [7, 11) is 0. The van der Waals surface area contributed by atoms with Gasteiger partial charge in [0, 0.05) is 33.9 Å². The van der Waals surface area contributed by atoms with Gasteiger partial charge in [-0.05, 0) is 74.2 Å². The number of unbranched alkanes of at least 4 members (excludes halogenated alkanes) is 6. The van der Waals surface area contributed by atoms with E-state index in [4.69, 9.17) is 17.8 Å². The molecule has 0 saturated carbocycles. The Morgan fingerprint density at radius 2 is 1.06 bits per heavy atom. The molecule has 0 aliphatic rings. The summed E-state index contributed by atoms with van der Waals surface area (Å²) in [4.78, 5) is 2.14. The van der Waals surface area contributed by atoms with Crippen LogP contribution in [0.25, 0.3) is 0 Å². The Morgan fingerprint density at radius 1 is 0.606 bits per heavy atom. The van der Waals surface area contributed by atoms with Gasteiger partial charge in [0.1, 0.15) is 11.5 Å². The van der Waals surface area contributed by atoms with Crippen molar-refractivity contribution in [2.45, 2.75) is 88.9 Å². The van der Waals surface area contributed by atoms with E-state index in [0.717, 1.165) is 58.5 Å².